The Morgan fingerprint density at radius 2 is 0.735 bits per heavy atom. The van der Waals surface area contributed by atoms with E-state index < -0.39 is 0 Å². The molecule has 12 rings (SSSR count). The molecule has 0 radical (unpaired) electrons. The van der Waals surface area contributed by atoms with Crippen molar-refractivity contribution in [3.05, 3.63) is 259 Å². The number of hydrogen-bond donors (Lipinski definition) is 0. The summed E-state index contributed by atoms with van der Waals surface area (Å²) in [6.07, 6.45) is 4.37. The molecule has 0 aliphatic heterocycles. The second-order valence-corrected chi connectivity index (χ2v) is 17.2. The monoisotopic (exact) mass is 872 g/mol. The van der Waals surface area contributed by atoms with Crippen molar-refractivity contribution in [1.29, 1.82) is 0 Å². The lowest BCUT2D eigenvalue weighted by atomic mass is 10.0. The fourth-order valence-electron chi connectivity index (χ4n) is 9.22. The molecule has 0 saturated heterocycles. The van der Waals surface area contributed by atoms with Gasteiger partial charge in [0.25, 0.3) is 0 Å². The van der Waals surface area contributed by atoms with E-state index in [2.05, 4.69) is 244 Å². The van der Waals surface area contributed by atoms with E-state index in [9.17, 15) is 0 Å². The van der Waals surface area contributed by atoms with Crippen molar-refractivity contribution < 1.29 is 4.42 Å². The Morgan fingerprint density at radius 1 is 0.324 bits per heavy atom. The third-order valence-corrected chi connectivity index (χ3v) is 12.8. The summed E-state index contributed by atoms with van der Waals surface area (Å²) >= 11 is 0. The number of aromatic nitrogens is 2. The number of nitrogens with zero attached hydrogens (tertiary/aromatic N) is 4. The Morgan fingerprint density at radius 3 is 1.32 bits per heavy atom. The van der Waals surface area contributed by atoms with Crippen molar-refractivity contribution in [1.82, 2.24) is 10.2 Å². The third kappa shape index (κ3) is 8.25. The van der Waals surface area contributed by atoms with Gasteiger partial charge in [0.2, 0.25) is 11.8 Å². The molecule has 0 aliphatic carbocycles. The number of fused-ring (bicyclic) bond motifs is 4. The van der Waals surface area contributed by atoms with Crippen LogP contribution in [0.1, 0.15) is 16.7 Å². The van der Waals surface area contributed by atoms with Gasteiger partial charge < -0.3 is 14.2 Å². The molecule has 0 atom stereocenters. The van der Waals surface area contributed by atoms with Crippen LogP contribution in [-0.4, -0.2) is 10.2 Å². The summed E-state index contributed by atoms with van der Waals surface area (Å²) in [5.41, 5.74) is 10.8. The van der Waals surface area contributed by atoms with E-state index in [-0.39, 0.29) is 0 Å². The third-order valence-electron chi connectivity index (χ3n) is 12.8. The minimum Gasteiger partial charge on any atom is -0.416 e. The van der Waals surface area contributed by atoms with Crippen molar-refractivity contribution in [3.63, 3.8) is 0 Å². The summed E-state index contributed by atoms with van der Waals surface area (Å²) in [4.78, 5) is 4.66. The summed E-state index contributed by atoms with van der Waals surface area (Å²) < 4.78 is 6.25. The summed E-state index contributed by atoms with van der Waals surface area (Å²) in [5, 5.41) is 18.5. The number of rotatable bonds is 11. The highest BCUT2D eigenvalue weighted by molar-refractivity contribution is 5.92. The zero-order valence-corrected chi connectivity index (χ0v) is 37.2. The van der Waals surface area contributed by atoms with Crippen LogP contribution in [0.15, 0.2) is 247 Å². The highest BCUT2D eigenvalue weighted by Crippen LogP contribution is 2.37. The van der Waals surface area contributed by atoms with Crippen molar-refractivity contribution >= 4 is 83.7 Å². The van der Waals surface area contributed by atoms with Gasteiger partial charge in [-0.15, -0.1) is 10.2 Å². The molecule has 5 nitrogen and oxygen atoms in total. The highest BCUT2D eigenvalue weighted by atomic mass is 16.4. The predicted octanol–water partition coefficient (Wildman–Crippen LogP) is 17.0. The number of para-hydroxylation sites is 2. The van der Waals surface area contributed by atoms with Crippen LogP contribution in [0.3, 0.4) is 0 Å². The van der Waals surface area contributed by atoms with Crippen molar-refractivity contribution in [2.24, 2.45) is 0 Å². The number of benzene rings is 11. The van der Waals surface area contributed by atoms with Gasteiger partial charge in [-0.2, -0.15) is 0 Å². The van der Waals surface area contributed by atoms with E-state index in [1.165, 1.54) is 49.3 Å². The van der Waals surface area contributed by atoms with E-state index >= 15 is 0 Å². The second kappa shape index (κ2) is 17.7. The fourth-order valence-corrected chi connectivity index (χ4v) is 9.22. The summed E-state index contributed by atoms with van der Waals surface area (Å²) in [5.74, 6) is 0.966. The van der Waals surface area contributed by atoms with Crippen LogP contribution in [0.5, 0.6) is 0 Å². The Kier molecular flexibility index (Phi) is 10.5. The van der Waals surface area contributed by atoms with E-state index in [0.717, 1.165) is 56.6 Å². The first-order valence-corrected chi connectivity index (χ1v) is 23.0. The lowest BCUT2D eigenvalue weighted by Gasteiger charge is -2.26. The molecule has 0 amide bonds. The maximum absolute atomic E-state index is 6.25. The Labute approximate surface area is 395 Å². The van der Waals surface area contributed by atoms with Gasteiger partial charge in [0.05, 0.1) is 0 Å². The quantitative estimate of drug-likeness (QED) is 0.121. The largest absolute Gasteiger partial charge is 0.416 e. The second-order valence-electron chi connectivity index (χ2n) is 17.2. The smallest absolute Gasteiger partial charge is 0.248 e. The van der Waals surface area contributed by atoms with Gasteiger partial charge in [-0.1, -0.05) is 152 Å². The molecular weight excluding hydrogens is 829 g/mol. The van der Waals surface area contributed by atoms with Gasteiger partial charge in [0, 0.05) is 46.1 Å². The van der Waals surface area contributed by atoms with Crippen molar-refractivity contribution in [2.75, 3.05) is 9.80 Å². The molecule has 322 valence electrons. The molecular formula is C63H44N4O. The molecule has 0 bridgehead atoms. The summed E-state index contributed by atoms with van der Waals surface area (Å²) in [6.45, 7) is 0.743. The Balaban J connectivity index is 0.747. The van der Waals surface area contributed by atoms with Crippen LogP contribution >= 0.6 is 0 Å². The van der Waals surface area contributed by atoms with Crippen LogP contribution in [0.2, 0.25) is 0 Å². The zero-order valence-electron chi connectivity index (χ0n) is 37.2. The SMILES string of the molecule is C(=Cc1ccc2cc(-c3nnc(-c4ccc(N(c5ccccc5)c5ccccc5)cc4)o3)ccc2c1)c1ccc2cc(CN(c3ccc4ccccc4c3)c3ccc4ccccc4c3)ccc2c1. The van der Waals surface area contributed by atoms with E-state index in [4.69, 9.17) is 4.42 Å². The first-order chi connectivity index (χ1) is 33.6. The lowest BCUT2D eigenvalue weighted by molar-refractivity contribution is 0.584. The van der Waals surface area contributed by atoms with E-state index in [0.29, 0.717) is 11.8 Å². The maximum Gasteiger partial charge on any atom is 0.248 e. The van der Waals surface area contributed by atoms with Crippen LogP contribution in [-0.2, 0) is 6.54 Å². The molecule has 0 aliphatic rings. The molecule has 0 unspecified atom stereocenters. The van der Waals surface area contributed by atoms with Crippen molar-refractivity contribution in [3.8, 4) is 22.9 Å². The molecule has 11 aromatic carbocycles. The molecule has 68 heavy (non-hydrogen) atoms. The average molecular weight is 873 g/mol. The minimum absolute atomic E-state index is 0.479. The molecule has 0 fully saturated rings. The van der Waals surface area contributed by atoms with Gasteiger partial charge in [-0.25, -0.2) is 0 Å². The number of hydrogen-bond acceptors (Lipinski definition) is 5. The van der Waals surface area contributed by atoms with Crippen LogP contribution in [0.4, 0.5) is 28.4 Å². The first kappa shape index (κ1) is 40.4. The lowest BCUT2D eigenvalue weighted by Crippen LogP contribution is -2.16. The molecule has 1 aromatic heterocycles. The number of anilines is 5. The van der Waals surface area contributed by atoms with Gasteiger partial charge >= 0.3 is 0 Å². The zero-order chi connectivity index (χ0) is 45.2. The highest BCUT2D eigenvalue weighted by Gasteiger charge is 2.16. The average Bonchev–Trinajstić information content (AvgIpc) is 3.91. The molecule has 0 N–H and O–H groups in total. The molecule has 1 heterocycles. The van der Waals surface area contributed by atoms with Crippen LogP contribution in [0, 0.1) is 0 Å². The van der Waals surface area contributed by atoms with Gasteiger partial charge in [0.15, 0.2) is 0 Å². The van der Waals surface area contributed by atoms with Crippen molar-refractivity contribution in [2.45, 2.75) is 6.54 Å². The molecule has 12 aromatic rings. The molecule has 5 heteroatoms. The Hall–Kier alpha value is -9.06. The molecule has 0 saturated carbocycles. The normalized spacial score (nSPS) is 11.5. The topological polar surface area (TPSA) is 45.4 Å². The van der Waals surface area contributed by atoms with Gasteiger partial charge in [0.1, 0.15) is 0 Å². The summed E-state index contributed by atoms with van der Waals surface area (Å²) in [6, 6.07) is 86.0. The fraction of sp³-hybridized carbons (Fsp3) is 0.0159. The Bertz CT molecular complexity index is 3670. The standard InChI is InChI=1S/C63H44N4O/c1-3-15-57(16-4-1)67(58-17-5-2-6-18-58)59-33-31-49(32-34-59)62-64-65-63(68-62)56-28-27-54-38-45(22-25-55(54)40-56)20-19-44-21-24-53-39-46(23-26-52(53)37-44)43-66(60-35-29-47-11-7-9-13-50(47)41-60)61-36-30-48-12-8-10-14-51(48)42-61/h1-42H,43H2. The first-order valence-electron chi connectivity index (χ1n) is 23.0. The maximum atomic E-state index is 6.25. The van der Waals surface area contributed by atoms with Gasteiger partial charge in [-0.05, 0) is 163 Å². The minimum atomic E-state index is 0.479. The van der Waals surface area contributed by atoms with E-state index in [1.54, 1.807) is 0 Å². The molecule has 0 spiro atoms. The van der Waals surface area contributed by atoms with Crippen LogP contribution in [0.25, 0.3) is 78.2 Å². The van der Waals surface area contributed by atoms with E-state index in [1.807, 2.05) is 30.3 Å². The predicted molar refractivity (Wildman–Crippen MR) is 284 cm³/mol. The van der Waals surface area contributed by atoms with Crippen LogP contribution < -0.4 is 9.80 Å². The summed E-state index contributed by atoms with van der Waals surface area (Å²) in [7, 11) is 0. The van der Waals surface area contributed by atoms with Gasteiger partial charge in [-0.3, -0.25) is 0 Å².